The normalized spacial score (nSPS) is 15.1. The van der Waals surface area contributed by atoms with Crippen LogP contribution in [0, 0.1) is 0 Å². The molecule has 1 atom stereocenters. The number of amides is 1. The number of carbonyl (C=O) groups is 2. The van der Waals surface area contributed by atoms with Gasteiger partial charge in [-0.25, -0.2) is 0 Å². The molecule has 1 aliphatic heterocycles. The summed E-state index contributed by atoms with van der Waals surface area (Å²) in [4.78, 5) is 27.7. The lowest BCUT2D eigenvalue weighted by molar-refractivity contribution is -0.153. The molecule has 3 rings (SSSR count). The van der Waals surface area contributed by atoms with Gasteiger partial charge in [0.25, 0.3) is 5.91 Å². The number of hydrogen-bond donors (Lipinski definition) is 1. The number of benzene rings is 1. The van der Waals surface area contributed by atoms with Crippen molar-refractivity contribution < 1.29 is 19.1 Å². The van der Waals surface area contributed by atoms with Gasteiger partial charge in [0, 0.05) is 35.8 Å². The minimum atomic E-state index is -0.826. The standard InChI is InChI=1S/C21H26N2O4S/c1-16(27-20(24)6-2-4-19-5-3-15-28-19)21(25)22-17-7-9-18(10-8-17)23-11-13-26-14-12-23/h3,5,7-10,15-16H,2,4,6,11-14H2,1H3,(H,22,25)/t16-/m1/s1. The average molecular weight is 403 g/mol. The number of anilines is 2. The van der Waals surface area contributed by atoms with Crippen molar-refractivity contribution in [1.82, 2.24) is 0 Å². The van der Waals surface area contributed by atoms with Gasteiger partial charge in [0.2, 0.25) is 0 Å². The average Bonchev–Trinajstić information content (AvgIpc) is 3.22. The third-order valence-corrected chi connectivity index (χ3v) is 5.51. The first kappa shape index (κ1) is 20.4. The van der Waals surface area contributed by atoms with E-state index in [-0.39, 0.29) is 11.9 Å². The van der Waals surface area contributed by atoms with E-state index in [1.165, 1.54) is 4.88 Å². The number of esters is 1. The Hall–Kier alpha value is -2.38. The minimum Gasteiger partial charge on any atom is -0.453 e. The summed E-state index contributed by atoms with van der Waals surface area (Å²) in [5, 5.41) is 4.82. The van der Waals surface area contributed by atoms with E-state index in [2.05, 4.69) is 16.3 Å². The van der Waals surface area contributed by atoms with E-state index in [1.807, 2.05) is 35.7 Å². The molecule has 150 valence electrons. The van der Waals surface area contributed by atoms with Crippen LogP contribution in [0.2, 0.25) is 0 Å². The topological polar surface area (TPSA) is 67.9 Å². The number of nitrogens with one attached hydrogen (secondary N) is 1. The maximum absolute atomic E-state index is 12.3. The number of nitrogens with zero attached hydrogens (tertiary/aromatic N) is 1. The molecule has 1 aromatic carbocycles. The highest BCUT2D eigenvalue weighted by molar-refractivity contribution is 7.09. The van der Waals surface area contributed by atoms with Gasteiger partial charge in [-0.1, -0.05) is 6.07 Å². The van der Waals surface area contributed by atoms with Crippen LogP contribution in [0.4, 0.5) is 11.4 Å². The molecule has 0 unspecified atom stereocenters. The molecule has 7 heteroatoms. The molecule has 0 spiro atoms. The summed E-state index contributed by atoms with van der Waals surface area (Å²) in [6.07, 6.45) is 1.05. The molecular formula is C21H26N2O4S. The van der Waals surface area contributed by atoms with Crippen molar-refractivity contribution in [3.63, 3.8) is 0 Å². The fourth-order valence-electron chi connectivity index (χ4n) is 2.99. The summed E-state index contributed by atoms with van der Waals surface area (Å²) in [5.41, 5.74) is 1.79. The second-order valence-corrected chi connectivity index (χ2v) is 7.73. The summed E-state index contributed by atoms with van der Waals surface area (Å²) in [6, 6.07) is 11.7. The lowest BCUT2D eigenvalue weighted by Gasteiger charge is -2.28. The molecule has 2 aromatic rings. The molecule has 28 heavy (non-hydrogen) atoms. The summed E-state index contributed by atoms with van der Waals surface area (Å²) in [5.74, 6) is -0.674. The fourth-order valence-corrected chi connectivity index (χ4v) is 3.74. The van der Waals surface area contributed by atoms with Crippen LogP contribution in [-0.2, 0) is 25.5 Å². The molecule has 1 saturated heterocycles. The Morgan fingerprint density at radius 2 is 1.96 bits per heavy atom. The van der Waals surface area contributed by atoms with Gasteiger partial charge in [-0.15, -0.1) is 11.3 Å². The summed E-state index contributed by atoms with van der Waals surface area (Å²) in [7, 11) is 0. The molecule has 0 saturated carbocycles. The van der Waals surface area contributed by atoms with Gasteiger partial charge >= 0.3 is 5.97 Å². The maximum atomic E-state index is 12.3. The zero-order valence-electron chi connectivity index (χ0n) is 16.1. The van der Waals surface area contributed by atoms with Crippen LogP contribution >= 0.6 is 11.3 Å². The van der Waals surface area contributed by atoms with Crippen molar-refractivity contribution in [2.45, 2.75) is 32.3 Å². The van der Waals surface area contributed by atoms with Gasteiger partial charge in [0.05, 0.1) is 13.2 Å². The van der Waals surface area contributed by atoms with Gasteiger partial charge in [0.1, 0.15) is 0 Å². The van der Waals surface area contributed by atoms with Crippen molar-refractivity contribution in [1.29, 1.82) is 0 Å². The highest BCUT2D eigenvalue weighted by Crippen LogP contribution is 2.19. The van der Waals surface area contributed by atoms with E-state index < -0.39 is 6.10 Å². The highest BCUT2D eigenvalue weighted by atomic mass is 32.1. The van der Waals surface area contributed by atoms with Gasteiger partial charge in [-0.05, 0) is 55.5 Å². The lowest BCUT2D eigenvalue weighted by atomic mass is 10.2. The van der Waals surface area contributed by atoms with E-state index in [0.717, 1.165) is 44.8 Å². The van der Waals surface area contributed by atoms with Crippen LogP contribution in [0.25, 0.3) is 0 Å². The first-order valence-electron chi connectivity index (χ1n) is 9.57. The zero-order chi connectivity index (χ0) is 19.8. The number of rotatable bonds is 8. The Morgan fingerprint density at radius 1 is 1.21 bits per heavy atom. The van der Waals surface area contributed by atoms with Crippen LogP contribution < -0.4 is 10.2 Å². The largest absolute Gasteiger partial charge is 0.453 e. The smallest absolute Gasteiger partial charge is 0.306 e. The number of hydrogen-bond acceptors (Lipinski definition) is 6. The second-order valence-electron chi connectivity index (χ2n) is 6.70. The van der Waals surface area contributed by atoms with E-state index in [1.54, 1.807) is 18.3 Å². The first-order valence-corrected chi connectivity index (χ1v) is 10.5. The summed E-state index contributed by atoms with van der Waals surface area (Å²) < 4.78 is 10.6. The van der Waals surface area contributed by atoms with E-state index in [0.29, 0.717) is 12.1 Å². The first-order chi connectivity index (χ1) is 13.6. The molecule has 6 nitrogen and oxygen atoms in total. The van der Waals surface area contributed by atoms with Crippen LogP contribution in [0.15, 0.2) is 41.8 Å². The van der Waals surface area contributed by atoms with Crippen LogP contribution in [0.5, 0.6) is 0 Å². The molecule has 2 heterocycles. The third-order valence-electron chi connectivity index (χ3n) is 4.57. The Labute approximate surface area is 169 Å². The molecule has 0 aliphatic carbocycles. The maximum Gasteiger partial charge on any atom is 0.306 e. The Morgan fingerprint density at radius 3 is 2.64 bits per heavy atom. The lowest BCUT2D eigenvalue weighted by Crippen LogP contribution is -2.36. The number of thiophene rings is 1. The molecule has 1 fully saturated rings. The Kier molecular flexibility index (Phi) is 7.45. The van der Waals surface area contributed by atoms with Crippen molar-refractivity contribution in [2.24, 2.45) is 0 Å². The molecule has 1 N–H and O–H groups in total. The molecule has 1 amide bonds. The van der Waals surface area contributed by atoms with E-state index in [9.17, 15) is 9.59 Å². The number of ether oxygens (including phenoxy) is 2. The number of carbonyl (C=O) groups excluding carboxylic acids is 2. The van der Waals surface area contributed by atoms with Gasteiger partial charge in [0.15, 0.2) is 6.10 Å². The molecular weight excluding hydrogens is 376 g/mol. The van der Waals surface area contributed by atoms with Crippen LogP contribution in [0.1, 0.15) is 24.6 Å². The predicted molar refractivity (Wildman–Crippen MR) is 111 cm³/mol. The van der Waals surface area contributed by atoms with Crippen molar-refractivity contribution in [3.05, 3.63) is 46.7 Å². The van der Waals surface area contributed by atoms with Gasteiger partial charge in [-0.2, -0.15) is 0 Å². The highest BCUT2D eigenvalue weighted by Gasteiger charge is 2.18. The summed E-state index contributed by atoms with van der Waals surface area (Å²) >= 11 is 1.68. The molecule has 1 aliphatic rings. The SMILES string of the molecule is C[C@@H](OC(=O)CCCc1cccs1)C(=O)Nc1ccc(N2CCOCC2)cc1. The second kappa shape index (κ2) is 10.2. The quantitative estimate of drug-likeness (QED) is 0.685. The Bertz CT molecular complexity index is 755. The van der Waals surface area contributed by atoms with Crippen molar-refractivity contribution in [3.8, 4) is 0 Å². The van der Waals surface area contributed by atoms with E-state index in [4.69, 9.17) is 9.47 Å². The fraction of sp³-hybridized carbons (Fsp3) is 0.429. The van der Waals surface area contributed by atoms with E-state index >= 15 is 0 Å². The minimum absolute atomic E-state index is 0.309. The monoisotopic (exact) mass is 402 g/mol. The van der Waals surface area contributed by atoms with Crippen LogP contribution in [-0.4, -0.2) is 44.3 Å². The van der Waals surface area contributed by atoms with Gasteiger partial charge in [-0.3, -0.25) is 9.59 Å². The van der Waals surface area contributed by atoms with Crippen molar-refractivity contribution >= 4 is 34.6 Å². The molecule has 0 radical (unpaired) electrons. The van der Waals surface area contributed by atoms with Crippen LogP contribution in [0.3, 0.4) is 0 Å². The predicted octanol–water partition coefficient (Wildman–Crippen LogP) is 3.48. The van der Waals surface area contributed by atoms with Crippen molar-refractivity contribution in [2.75, 3.05) is 36.5 Å². The number of aryl methyl sites for hydroxylation is 1. The molecule has 1 aromatic heterocycles. The Balaban J connectivity index is 1.41. The number of morpholine rings is 1. The summed E-state index contributed by atoms with van der Waals surface area (Å²) in [6.45, 7) is 4.79. The third kappa shape index (κ3) is 6.07. The zero-order valence-corrected chi connectivity index (χ0v) is 16.9. The van der Waals surface area contributed by atoms with Gasteiger partial charge < -0.3 is 19.7 Å². The molecule has 0 bridgehead atoms.